The fourth-order valence-corrected chi connectivity index (χ4v) is 1.02. The van der Waals surface area contributed by atoms with E-state index in [-0.39, 0.29) is 5.23 Å². The van der Waals surface area contributed by atoms with Crippen molar-refractivity contribution in [2.45, 2.75) is 13.8 Å². The third kappa shape index (κ3) is 3.38. The number of rotatable bonds is 2. The maximum absolute atomic E-state index is 5.02. The first-order chi connectivity index (χ1) is 6.22. The Morgan fingerprint density at radius 3 is 2.69 bits per heavy atom. The van der Waals surface area contributed by atoms with Crippen molar-refractivity contribution in [2.75, 3.05) is 6.61 Å². The number of hydrogen-bond donors (Lipinski definition) is 0. The number of ether oxygens (including phenoxy) is 1. The number of nitrogens with zero attached hydrogens (tertiary/aromatic N) is 2. The Balaban J connectivity index is 2.73. The van der Waals surface area contributed by atoms with Crippen molar-refractivity contribution in [3.63, 3.8) is 0 Å². The summed E-state index contributed by atoms with van der Waals surface area (Å²) in [6.45, 7) is 4.45. The lowest BCUT2D eigenvalue weighted by atomic mass is 10.3. The molecule has 1 aromatic heterocycles. The summed E-state index contributed by atoms with van der Waals surface area (Å²) in [5, 5.41) is 4.28. The molecule has 1 rings (SSSR count). The summed E-state index contributed by atoms with van der Waals surface area (Å²) in [7, 11) is 0. The minimum Gasteiger partial charge on any atom is -0.716 e. The molecule has 0 N–H and O–H groups in total. The number of hydrogen-bond acceptors (Lipinski definition) is 3. The van der Waals surface area contributed by atoms with Gasteiger partial charge in [-0.1, -0.05) is 4.68 Å². The van der Waals surface area contributed by atoms with Crippen LogP contribution in [0.15, 0.2) is 29.6 Å². The van der Waals surface area contributed by atoms with Gasteiger partial charge in [0.2, 0.25) is 12.4 Å². The molecule has 0 aliphatic carbocycles. The summed E-state index contributed by atoms with van der Waals surface area (Å²) in [5.41, 5.74) is 1.19. The van der Waals surface area contributed by atoms with Gasteiger partial charge < -0.3 is 17.4 Å². The number of aryl methyl sites for hydroxylation is 1. The quantitative estimate of drug-likeness (QED) is 0.305. The SMILES string of the molecule is CCO/C([S-])=N/[n+]1ccc(C)cc1. The van der Waals surface area contributed by atoms with Crippen molar-refractivity contribution < 1.29 is 9.41 Å². The zero-order chi connectivity index (χ0) is 9.68. The van der Waals surface area contributed by atoms with E-state index >= 15 is 0 Å². The summed E-state index contributed by atoms with van der Waals surface area (Å²) in [6.07, 6.45) is 3.67. The van der Waals surface area contributed by atoms with Crippen LogP contribution < -0.4 is 4.68 Å². The van der Waals surface area contributed by atoms with E-state index in [2.05, 4.69) is 5.10 Å². The van der Waals surface area contributed by atoms with Gasteiger partial charge in [0.25, 0.3) is 0 Å². The van der Waals surface area contributed by atoms with E-state index in [1.54, 1.807) is 4.68 Å². The molecular formula is C9H12N2OS. The van der Waals surface area contributed by atoms with E-state index in [1.807, 2.05) is 38.4 Å². The van der Waals surface area contributed by atoms with Crippen molar-refractivity contribution in [2.24, 2.45) is 5.10 Å². The van der Waals surface area contributed by atoms with Crippen molar-refractivity contribution >= 4 is 17.9 Å². The second-order valence-electron chi connectivity index (χ2n) is 2.55. The van der Waals surface area contributed by atoms with Gasteiger partial charge in [-0.15, -0.1) is 0 Å². The lowest BCUT2D eigenvalue weighted by Gasteiger charge is -2.06. The monoisotopic (exact) mass is 196 g/mol. The van der Waals surface area contributed by atoms with Gasteiger partial charge in [0.05, 0.1) is 6.61 Å². The van der Waals surface area contributed by atoms with Gasteiger partial charge in [-0.2, -0.15) is 0 Å². The highest BCUT2D eigenvalue weighted by atomic mass is 32.1. The molecular weight excluding hydrogens is 184 g/mol. The fourth-order valence-electron chi connectivity index (χ4n) is 0.806. The van der Waals surface area contributed by atoms with Gasteiger partial charge in [-0.05, 0) is 19.4 Å². The lowest BCUT2D eigenvalue weighted by molar-refractivity contribution is -0.679. The molecule has 0 fully saturated rings. The van der Waals surface area contributed by atoms with E-state index in [4.69, 9.17) is 17.4 Å². The Labute approximate surface area is 83.5 Å². The third-order valence-corrected chi connectivity index (χ3v) is 1.64. The minimum absolute atomic E-state index is 0.261. The molecule has 70 valence electrons. The molecule has 3 nitrogen and oxygen atoms in total. The zero-order valence-corrected chi connectivity index (χ0v) is 8.54. The Morgan fingerprint density at radius 1 is 1.54 bits per heavy atom. The molecule has 0 radical (unpaired) electrons. The minimum atomic E-state index is 0.261. The van der Waals surface area contributed by atoms with Crippen LogP contribution in [0.5, 0.6) is 0 Å². The largest absolute Gasteiger partial charge is 0.716 e. The topological polar surface area (TPSA) is 25.5 Å². The smallest absolute Gasteiger partial charge is 0.202 e. The summed E-state index contributed by atoms with van der Waals surface area (Å²) < 4.78 is 6.65. The zero-order valence-electron chi connectivity index (χ0n) is 7.73. The molecule has 4 heteroatoms. The van der Waals surface area contributed by atoms with Crippen LogP contribution in [0, 0.1) is 6.92 Å². The van der Waals surface area contributed by atoms with Crippen LogP contribution in [0.4, 0.5) is 0 Å². The van der Waals surface area contributed by atoms with Gasteiger partial charge in [0.15, 0.2) is 0 Å². The first-order valence-corrected chi connectivity index (χ1v) is 4.50. The fraction of sp³-hybridized carbons (Fsp3) is 0.333. The van der Waals surface area contributed by atoms with Crippen LogP contribution in [0.25, 0.3) is 0 Å². The lowest BCUT2D eigenvalue weighted by Crippen LogP contribution is -2.28. The molecule has 1 aromatic rings. The van der Waals surface area contributed by atoms with Gasteiger partial charge in [-0.3, -0.25) is 0 Å². The van der Waals surface area contributed by atoms with Gasteiger partial charge in [0.1, 0.15) is 5.23 Å². The number of aromatic nitrogens is 1. The van der Waals surface area contributed by atoms with E-state index in [1.165, 1.54) is 5.56 Å². The molecule has 0 saturated carbocycles. The predicted molar refractivity (Wildman–Crippen MR) is 53.2 cm³/mol. The van der Waals surface area contributed by atoms with Crippen molar-refractivity contribution in [3.8, 4) is 0 Å². The molecule has 13 heavy (non-hydrogen) atoms. The molecule has 0 saturated heterocycles. The summed E-state index contributed by atoms with van der Waals surface area (Å²) in [5.74, 6) is 0. The Kier molecular flexibility index (Phi) is 3.64. The van der Waals surface area contributed by atoms with Crippen LogP contribution >= 0.6 is 0 Å². The number of pyridine rings is 1. The molecule has 0 unspecified atom stereocenters. The van der Waals surface area contributed by atoms with Crippen LogP contribution in [0.1, 0.15) is 12.5 Å². The highest BCUT2D eigenvalue weighted by molar-refractivity contribution is 7.76. The van der Waals surface area contributed by atoms with Gasteiger partial charge >= 0.3 is 0 Å². The van der Waals surface area contributed by atoms with Crippen LogP contribution in [0.3, 0.4) is 0 Å². The van der Waals surface area contributed by atoms with Crippen molar-refractivity contribution in [1.29, 1.82) is 0 Å². The molecule has 0 spiro atoms. The van der Waals surface area contributed by atoms with Crippen molar-refractivity contribution in [1.82, 2.24) is 0 Å². The average molecular weight is 196 g/mol. The highest BCUT2D eigenvalue weighted by Gasteiger charge is 1.94. The first-order valence-electron chi connectivity index (χ1n) is 4.09. The molecule has 0 amide bonds. The summed E-state index contributed by atoms with van der Waals surface area (Å²) in [6, 6.07) is 3.91. The summed E-state index contributed by atoms with van der Waals surface area (Å²) >= 11 is 4.86. The van der Waals surface area contributed by atoms with Crippen LogP contribution in [-0.4, -0.2) is 11.8 Å². The molecule has 0 atom stereocenters. The van der Waals surface area contributed by atoms with Gasteiger partial charge in [0, 0.05) is 17.2 Å². The second kappa shape index (κ2) is 4.77. The highest BCUT2D eigenvalue weighted by Crippen LogP contribution is 1.89. The van der Waals surface area contributed by atoms with E-state index < -0.39 is 0 Å². The molecule has 1 heterocycles. The Morgan fingerprint density at radius 2 is 2.15 bits per heavy atom. The third-order valence-electron chi connectivity index (χ3n) is 1.45. The summed E-state index contributed by atoms with van der Waals surface area (Å²) in [4.78, 5) is 0. The van der Waals surface area contributed by atoms with E-state index in [0.29, 0.717) is 6.61 Å². The van der Waals surface area contributed by atoms with E-state index in [9.17, 15) is 0 Å². The average Bonchev–Trinajstić information content (AvgIpc) is 2.09. The standard InChI is InChI=1S/C9H12N2OS/c1-3-12-9(13)10-11-6-4-8(2)5-7-11/h4-7H,3H2,1-2H3. The molecule has 0 aliphatic rings. The van der Waals surface area contributed by atoms with E-state index in [0.717, 1.165) is 0 Å². The van der Waals surface area contributed by atoms with Crippen molar-refractivity contribution in [3.05, 3.63) is 30.1 Å². The normalized spacial score (nSPS) is 11.4. The molecule has 0 aliphatic heterocycles. The van der Waals surface area contributed by atoms with Crippen LogP contribution in [-0.2, 0) is 17.4 Å². The first kappa shape index (κ1) is 9.92. The second-order valence-corrected chi connectivity index (χ2v) is 2.90. The van der Waals surface area contributed by atoms with Crippen LogP contribution in [0.2, 0.25) is 0 Å². The molecule has 0 aromatic carbocycles. The Hall–Kier alpha value is -1.16. The maximum Gasteiger partial charge on any atom is 0.202 e. The molecule has 0 bridgehead atoms. The predicted octanol–water partition coefficient (Wildman–Crippen LogP) is 0.985. The maximum atomic E-state index is 5.02. The Bertz CT molecular complexity index is 295. The van der Waals surface area contributed by atoms with Gasteiger partial charge in [-0.25, -0.2) is 0 Å².